The van der Waals surface area contributed by atoms with E-state index >= 15 is 0 Å². The molecule has 0 aromatic heterocycles. The molecule has 0 aliphatic rings. The van der Waals surface area contributed by atoms with E-state index in [2.05, 4.69) is 10.6 Å². The molecule has 0 saturated carbocycles. The molecule has 0 spiro atoms. The van der Waals surface area contributed by atoms with Crippen molar-refractivity contribution in [3.05, 3.63) is 18.2 Å². The Bertz CT molecular complexity index is 692. The second-order valence-corrected chi connectivity index (χ2v) is 7.61. The number of anilines is 2. The van der Waals surface area contributed by atoms with Crippen LogP contribution in [0.15, 0.2) is 23.1 Å². The third-order valence-corrected chi connectivity index (χ3v) is 6.03. The van der Waals surface area contributed by atoms with Crippen LogP contribution in [0.1, 0.15) is 27.2 Å². The molecule has 0 heterocycles. The van der Waals surface area contributed by atoms with E-state index in [0.29, 0.717) is 31.0 Å². The first-order valence-electron chi connectivity index (χ1n) is 8.74. The van der Waals surface area contributed by atoms with Crippen molar-refractivity contribution in [1.82, 2.24) is 4.31 Å². The fourth-order valence-electron chi connectivity index (χ4n) is 2.52. The number of amides is 1. The Labute approximate surface area is 168 Å². The predicted octanol–water partition coefficient (Wildman–Crippen LogP) is 1.87. The summed E-state index contributed by atoms with van der Waals surface area (Å²) >= 11 is 0. The Hall–Kier alpha value is -1.39. The van der Waals surface area contributed by atoms with Gasteiger partial charge in [0.1, 0.15) is 0 Å². The summed E-state index contributed by atoms with van der Waals surface area (Å²) in [7, 11) is -2.12. The maximum atomic E-state index is 12.7. The van der Waals surface area contributed by atoms with E-state index in [9.17, 15) is 13.2 Å². The Morgan fingerprint density at radius 2 is 1.85 bits per heavy atom. The van der Waals surface area contributed by atoms with Crippen LogP contribution in [0.2, 0.25) is 0 Å². The molecule has 1 aromatic rings. The van der Waals surface area contributed by atoms with Crippen molar-refractivity contribution in [3.8, 4) is 0 Å². The Kier molecular flexibility index (Phi) is 11.5. The summed E-state index contributed by atoms with van der Waals surface area (Å²) in [4.78, 5) is 12.4. The van der Waals surface area contributed by atoms with Crippen molar-refractivity contribution >= 4 is 39.7 Å². The first-order chi connectivity index (χ1) is 12.3. The van der Waals surface area contributed by atoms with Gasteiger partial charge in [-0.2, -0.15) is 4.31 Å². The number of nitrogens with zero attached hydrogens (tertiary/aromatic N) is 1. The summed E-state index contributed by atoms with van der Waals surface area (Å²) in [5, 5.41) is 5.88. The molecule has 0 saturated heterocycles. The highest BCUT2D eigenvalue weighted by Crippen LogP contribution is 2.27. The Morgan fingerprint density at radius 3 is 2.33 bits per heavy atom. The van der Waals surface area contributed by atoms with Gasteiger partial charge >= 0.3 is 0 Å². The number of benzene rings is 1. The summed E-state index contributed by atoms with van der Waals surface area (Å²) in [5.74, 6) is -0.293. The first-order valence-corrected chi connectivity index (χ1v) is 10.2. The number of rotatable bonds is 11. The quantitative estimate of drug-likeness (QED) is 0.501. The fraction of sp³-hybridized carbons (Fsp3) is 0.588. The molecule has 8 nitrogen and oxygen atoms in total. The standard InChI is InChI=1S/C17H30N4O4S.ClH/c1-5-19-15-9-8-14(26(23,24)21(6-2)7-3)11-16(15)20-17(22)10-13(12-18)25-4;/h8-9,11,13,19H,5-7,10,12,18H2,1-4H3,(H,20,22);1H. The normalized spacial score (nSPS) is 12.4. The minimum atomic E-state index is -3.61. The molecule has 1 aromatic carbocycles. The Balaban J connectivity index is 0.00000676. The zero-order chi connectivity index (χ0) is 19.7. The van der Waals surface area contributed by atoms with E-state index in [1.54, 1.807) is 26.0 Å². The third-order valence-electron chi connectivity index (χ3n) is 3.98. The van der Waals surface area contributed by atoms with Gasteiger partial charge in [0.25, 0.3) is 0 Å². The van der Waals surface area contributed by atoms with Crippen LogP contribution in [-0.2, 0) is 19.6 Å². The summed E-state index contributed by atoms with van der Waals surface area (Å²) < 4.78 is 31.9. The van der Waals surface area contributed by atoms with Gasteiger partial charge in [-0.15, -0.1) is 12.4 Å². The van der Waals surface area contributed by atoms with E-state index < -0.39 is 10.0 Å². The SMILES string of the molecule is CCNc1ccc(S(=O)(=O)N(CC)CC)cc1NC(=O)CC(CN)OC.Cl. The summed E-state index contributed by atoms with van der Waals surface area (Å²) in [6.45, 7) is 7.10. The number of nitrogens with two attached hydrogens (primary N) is 1. The highest BCUT2D eigenvalue weighted by Gasteiger charge is 2.23. The molecule has 1 unspecified atom stereocenters. The lowest BCUT2D eigenvalue weighted by atomic mass is 10.2. The summed E-state index contributed by atoms with van der Waals surface area (Å²) in [6.07, 6.45) is -0.300. The van der Waals surface area contributed by atoms with Gasteiger partial charge in [-0.3, -0.25) is 4.79 Å². The summed E-state index contributed by atoms with van der Waals surface area (Å²) in [5.41, 5.74) is 6.61. The first kappa shape index (κ1) is 25.6. The minimum Gasteiger partial charge on any atom is -0.384 e. The molecule has 0 aliphatic heterocycles. The van der Waals surface area contributed by atoms with Crippen LogP contribution in [0.5, 0.6) is 0 Å². The van der Waals surface area contributed by atoms with E-state index in [-0.39, 0.29) is 42.3 Å². The predicted molar refractivity (Wildman–Crippen MR) is 111 cm³/mol. The monoisotopic (exact) mass is 422 g/mol. The van der Waals surface area contributed by atoms with Gasteiger partial charge in [0.05, 0.1) is 28.8 Å². The van der Waals surface area contributed by atoms with Crippen molar-refractivity contribution < 1.29 is 17.9 Å². The topological polar surface area (TPSA) is 114 Å². The van der Waals surface area contributed by atoms with Crippen molar-refractivity contribution in [1.29, 1.82) is 0 Å². The second-order valence-electron chi connectivity index (χ2n) is 5.67. The lowest BCUT2D eigenvalue weighted by Crippen LogP contribution is -2.31. The highest BCUT2D eigenvalue weighted by atomic mass is 35.5. The van der Waals surface area contributed by atoms with Gasteiger partial charge in [-0.1, -0.05) is 13.8 Å². The van der Waals surface area contributed by atoms with Crippen LogP contribution >= 0.6 is 12.4 Å². The van der Waals surface area contributed by atoms with Crippen LogP contribution in [-0.4, -0.2) is 58.0 Å². The number of sulfonamides is 1. The molecule has 1 atom stereocenters. The third kappa shape index (κ3) is 6.93. The van der Waals surface area contributed by atoms with Gasteiger partial charge in [0.15, 0.2) is 0 Å². The lowest BCUT2D eigenvalue weighted by Gasteiger charge is -2.20. The fourth-order valence-corrected chi connectivity index (χ4v) is 4.00. The molecule has 27 heavy (non-hydrogen) atoms. The number of halogens is 1. The van der Waals surface area contributed by atoms with Crippen molar-refractivity contribution in [2.75, 3.05) is 43.9 Å². The van der Waals surface area contributed by atoms with Crippen LogP contribution in [0, 0.1) is 0 Å². The van der Waals surface area contributed by atoms with Gasteiger partial charge in [0.2, 0.25) is 15.9 Å². The molecule has 0 radical (unpaired) electrons. The van der Waals surface area contributed by atoms with Crippen molar-refractivity contribution in [2.24, 2.45) is 5.73 Å². The number of hydrogen-bond donors (Lipinski definition) is 3. The van der Waals surface area contributed by atoms with Crippen LogP contribution < -0.4 is 16.4 Å². The van der Waals surface area contributed by atoms with Crippen molar-refractivity contribution in [2.45, 2.75) is 38.2 Å². The molecular weight excluding hydrogens is 392 g/mol. The maximum Gasteiger partial charge on any atom is 0.243 e. The number of nitrogens with one attached hydrogen (secondary N) is 2. The lowest BCUT2D eigenvalue weighted by molar-refractivity contribution is -0.118. The number of methoxy groups -OCH3 is 1. The molecule has 10 heteroatoms. The molecular formula is C17H31ClN4O4S. The minimum absolute atomic E-state index is 0. The van der Waals surface area contributed by atoms with Crippen LogP contribution in [0.4, 0.5) is 11.4 Å². The smallest absolute Gasteiger partial charge is 0.243 e. The second kappa shape index (κ2) is 12.1. The van der Waals surface area contributed by atoms with Gasteiger partial charge in [-0.05, 0) is 25.1 Å². The maximum absolute atomic E-state index is 12.7. The number of ether oxygens (including phenoxy) is 1. The number of carbonyl (C=O) groups is 1. The molecule has 4 N–H and O–H groups in total. The van der Waals surface area contributed by atoms with Crippen LogP contribution in [0.25, 0.3) is 0 Å². The zero-order valence-electron chi connectivity index (χ0n) is 16.3. The molecule has 1 amide bonds. The molecule has 0 aliphatic carbocycles. The largest absolute Gasteiger partial charge is 0.384 e. The summed E-state index contributed by atoms with van der Waals surface area (Å²) in [6, 6.07) is 4.68. The van der Waals surface area contributed by atoms with Gasteiger partial charge in [-0.25, -0.2) is 8.42 Å². The van der Waals surface area contributed by atoms with Gasteiger partial charge < -0.3 is 21.1 Å². The van der Waals surface area contributed by atoms with E-state index in [1.807, 2.05) is 6.92 Å². The molecule has 0 fully saturated rings. The average Bonchev–Trinajstić information content (AvgIpc) is 2.62. The van der Waals surface area contributed by atoms with E-state index in [1.165, 1.54) is 17.5 Å². The number of hydrogen-bond acceptors (Lipinski definition) is 6. The number of carbonyl (C=O) groups excluding carboxylic acids is 1. The Morgan fingerprint density at radius 1 is 1.22 bits per heavy atom. The highest BCUT2D eigenvalue weighted by molar-refractivity contribution is 7.89. The molecule has 156 valence electrons. The van der Waals surface area contributed by atoms with E-state index in [0.717, 1.165) is 0 Å². The van der Waals surface area contributed by atoms with Crippen molar-refractivity contribution in [3.63, 3.8) is 0 Å². The molecule has 1 rings (SSSR count). The average molecular weight is 423 g/mol. The zero-order valence-corrected chi connectivity index (χ0v) is 18.0. The van der Waals surface area contributed by atoms with Crippen LogP contribution in [0.3, 0.4) is 0 Å². The molecule has 0 bridgehead atoms. The van der Waals surface area contributed by atoms with E-state index in [4.69, 9.17) is 10.5 Å². The van der Waals surface area contributed by atoms with Gasteiger partial charge in [0, 0.05) is 33.3 Å².